The molecule has 0 bridgehead atoms. The average Bonchev–Trinajstić information content (AvgIpc) is 3.46. The van der Waals surface area contributed by atoms with Crippen molar-refractivity contribution in [3.8, 4) is 5.75 Å². The summed E-state index contributed by atoms with van der Waals surface area (Å²) in [6, 6.07) is 2.99. The molecular formula is C22H22ClFN6O4. The van der Waals surface area contributed by atoms with E-state index in [4.69, 9.17) is 21.1 Å². The van der Waals surface area contributed by atoms with Crippen molar-refractivity contribution < 1.29 is 18.7 Å². The van der Waals surface area contributed by atoms with E-state index in [1.807, 2.05) is 6.92 Å². The number of hydrogen-bond donors (Lipinski definition) is 2. The number of cyclic esters (lactones) is 1. The Morgan fingerprint density at radius 2 is 2.09 bits per heavy atom. The highest BCUT2D eigenvalue weighted by atomic mass is 35.5. The summed E-state index contributed by atoms with van der Waals surface area (Å²) in [5, 5.41) is 3.78. The summed E-state index contributed by atoms with van der Waals surface area (Å²) in [4.78, 5) is 42.3. The van der Waals surface area contributed by atoms with Crippen molar-refractivity contribution in [2.75, 3.05) is 23.9 Å². The van der Waals surface area contributed by atoms with Crippen molar-refractivity contribution in [3.63, 3.8) is 0 Å². The molecule has 1 saturated carbocycles. The number of nitrogens with one attached hydrogen (secondary N) is 2. The minimum Gasteiger partial charge on any atom is -0.492 e. The lowest BCUT2D eigenvalue weighted by Gasteiger charge is -2.21. The molecule has 1 aromatic carbocycles. The minimum absolute atomic E-state index is 0.0160. The number of halogens is 2. The molecule has 2 aromatic heterocycles. The SMILES string of the molecule is CC[C@H]1COC(=O)N1c1nc(C)nc(NC2(c3cc4cc(Cl)c(OC)c(F)c4[nH]c3=O)CC2)n1. The van der Waals surface area contributed by atoms with E-state index in [2.05, 4.69) is 25.3 Å². The summed E-state index contributed by atoms with van der Waals surface area (Å²) in [6.45, 7) is 3.91. The van der Waals surface area contributed by atoms with E-state index < -0.39 is 23.0 Å². The highest BCUT2D eigenvalue weighted by Crippen LogP contribution is 2.47. The largest absolute Gasteiger partial charge is 0.492 e. The van der Waals surface area contributed by atoms with E-state index in [0.717, 1.165) is 0 Å². The van der Waals surface area contributed by atoms with E-state index in [-0.39, 0.29) is 40.8 Å². The molecule has 34 heavy (non-hydrogen) atoms. The zero-order valence-electron chi connectivity index (χ0n) is 18.7. The van der Waals surface area contributed by atoms with Crippen LogP contribution in [0.3, 0.4) is 0 Å². The second-order valence-electron chi connectivity index (χ2n) is 8.40. The molecule has 2 N–H and O–H groups in total. The molecule has 1 atom stereocenters. The predicted octanol–water partition coefficient (Wildman–Crippen LogP) is 3.66. The number of H-pyrrole nitrogens is 1. The number of carbonyl (C=O) groups excluding carboxylic acids is 1. The number of aryl methyl sites for hydroxylation is 1. The first-order valence-electron chi connectivity index (χ1n) is 10.8. The molecule has 1 amide bonds. The zero-order chi connectivity index (χ0) is 24.2. The molecule has 3 aromatic rings. The zero-order valence-corrected chi connectivity index (χ0v) is 19.5. The summed E-state index contributed by atoms with van der Waals surface area (Å²) < 4.78 is 24.9. The van der Waals surface area contributed by atoms with Crippen LogP contribution in [0.5, 0.6) is 5.75 Å². The molecule has 5 rings (SSSR count). The molecule has 2 aliphatic rings. The Kier molecular flexibility index (Phi) is 5.31. The van der Waals surface area contributed by atoms with Gasteiger partial charge in [-0.25, -0.2) is 14.1 Å². The van der Waals surface area contributed by atoms with Crippen molar-refractivity contribution in [1.29, 1.82) is 0 Å². The molecule has 10 nitrogen and oxygen atoms in total. The molecule has 1 aliphatic carbocycles. The van der Waals surface area contributed by atoms with Gasteiger partial charge in [-0.05, 0) is 38.3 Å². The van der Waals surface area contributed by atoms with Crippen LogP contribution >= 0.6 is 11.6 Å². The maximum absolute atomic E-state index is 14.8. The molecule has 0 radical (unpaired) electrons. The highest BCUT2D eigenvalue weighted by molar-refractivity contribution is 6.32. The third-order valence-electron chi connectivity index (χ3n) is 6.19. The van der Waals surface area contributed by atoms with Crippen molar-refractivity contribution in [1.82, 2.24) is 19.9 Å². The van der Waals surface area contributed by atoms with E-state index in [0.29, 0.717) is 36.0 Å². The second kappa shape index (κ2) is 8.08. The lowest BCUT2D eigenvalue weighted by Crippen LogP contribution is -2.35. The van der Waals surface area contributed by atoms with Gasteiger partial charge in [0.1, 0.15) is 12.4 Å². The quantitative estimate of drug-likeness (QED) is 0.539. The monoisotopic (exact) mass is 488 g/mol. The van der Waals surface area contributed by atoms with Gasteiger partial charge in [0.2, 0.25) is 11.9 Å². The molecule has 3 heterocycles. The summed E-state index contributed by atoms with van der Waals surface area (Å²) >= 11 is 6.15. The second-order valence-corrected chi connectivity index (χ2v) is 8.81. The van der Waals surface area contributed by atoms with Crippen LogP contribution in [-0.4, -0.2) is 45.8 Å². The number of rotatable bonds is 6. The smallest absolute Gasteiger partial charge is 0.417 e. The Labute approximate surface area is 198 Å². The lowest BCUT2D eigenvalue weighted by molar-refractivity contribution is 0.178. The minimum atomic E-state index is -0.745. The summed E-state index contributed by atoms with van der Waals surface area (Å²) in [5.41, 5.74) is -0.763. The van der Waals surface area contributed by atoms with Crippen molar-refractivity contribution in [2.45, 2.75) is 44.7 Å². The van der Waals surface area contributed by atoms with Gasteiger partial charge in [-0.2, -0.15) is 15.0 Å². The van der Waals surface area contributed by atoms with Crippen molar-refractivity contribution in [3.05, 3.63) is 44.7 Å². The van der Waals surface area contributed by atoms with E-state index in [1.54, 1.807) is 19.1 Å². The van der Waals surface area contributed by atoms with Gasteiger partial charge in [0.15, 0.2) is 11.6 Å². The van der Waals surface area contributed by atoms with Crippen molar-refractivity contribution in [2.24, 2.45) is 0 Å². The first-order chi connectivity index (χ1) is 16.3. The molecule has 2 fully saturated rings. The number of benzene rings is 1. The Bertz CT molecular complexity index is 1380. The summed E-state index contributed by atoms with van der Waals surface area (Å²) in [6.07, 6.45) is 1.44. The number of aromatic amines is 1. The third-order valence-corrected chi connectivity index (χ3v) is 6.47. The van der Waals surface area contributed by atoms with Gasteiger partial charge in [0.05, 0.1) is 29.2 Å². The van der Waals surface area contributed by atoms with Crippen molar-refractivity contribution >= 4 is 40.5 Å². The Morgan fingerprint density at radius 1 is 1.32 bits per heavy atom. The lowest BCUT2D eigenvalue weighted by atomic mass is 10.0. The number of fused-ring (bicyclic) bond motifs is 1. The van der Waals surface area contributed by atoms with Crippen LogP contribution in [0.1, 0.15) is 37.6 Å². The molecule has 178 valence electrons. The number of hydrogen-bond acceptors (Lipinski definition) is 8. The fourth-order valence-electron chi connectivity index (χ4n) is 4.24. The number of amides is 1. The van der Waals surface area contributed by atoms with Gasteiger partial charge < -0.3 is 19.8 Å². The number of pyridine rings is 1. The van der Waals surface area contributed by atoms with Gasteiger partial charge in [-0.3, -0.25) is 4.79 Å². The number of ether oxygens (including phenoxy) is 2. The maximum Gasteiger partial charge on any atom is 0.417 e. The Morgan fingerprint density at radius 3 is 2.76 bits per heavy atom. The van der Waals surface area contributed by atoms with Gasteiger partial charge in [-0.15, -0.1) is 0 Å². The number of anilines is 2. The summed E-state index contributed by atoms with van der Waals surface area (Å²) in [5.74, 6) is -0.0317. The number of methoxy groups -OCH3 is 1. The fourth-order valence-corrected chi connectivity index (χ4v) is 4.52. The molecule has 1 saturated heterocycles. The fraction of sp³-hybridized carbons (Fsp3) is 0.409. The standard InChI is InChI=1S/C22H22ClFN6O4/c1-4-12-9-34-21(32)30(12)20-26-10(2)25-19(28-20)29-22(5-6-22)13-7-11-8-14(23)17(33-3)15(24)16(11)27-18(13)31/h7-8,12H,4-6,9H2,1-3H3,(H,27,31)(H,25,26,28,29)/t12-/m0/s1. The Balaban J connectivity index is 1.53. The number of aromatic nitrogens is 4. The topological polar surface area (TPSA) is 122 Å². The molecule has 1 aliphatic heterocycles. The van der Waals surface area contributed by atoms with Gasteiger partial charge in [0.25, 0.3) is 5.56 Å². The van der Waals surface area contributed by atoms with Gasteiger partial charge in [0, 0.05) is 10.9 Å². The van der Waals surface area contributed by atoms with Crippen LogP contribution in [0.15, 0.2) is 16.9 Å². The normalized spacial score (nSPS) is 18.8. The maximum atomic E-state index is 14.8. The first-order valence-corrected chi connectivity index (χ1v) is 11.2. The van der Waals surface area contributed by atoms with Gasteiger partial charge >= 0.3 is 6.09 Å². The van der Waals surface area contributed by atoms with E-state index in [9.17, 15) is 14.0 Å². The van der Waals surface area contributed by atoms with Crippen LogP contribution in [-0.2, 0) is 10.3 Å². The number of carbonyl (C=O) groups is 1. The van der Waals surface area contributed by atoms with Gasteiger partial charge in [-0.1, -0.05) is 18.5 Å². The predicted molar refractivity (Wildman–Crippen MR) is 123 cm³/mol. The number of nitrogens with zero attached hydrogens (tertiary/aromatic N) is 4. The van der Waals surface area contributed by atoms with E-state index in [1.165, 1.54) is 12.0 Å². The molecule has 0 unspecified atom stereocenters. The average molecular weight is 489 g/mol. The molecule has 0 spiro atoms. The van der Waals surface area contributed by atoms with Crippen LogP contribution < -0.4 is 20.5 Å². The Hall–Kier alpha value is -3.47. The molecular weight excluding hydrogens is 467 g/mol. The third kappa shape index (κ3) is 3.60. The summed E-state index contributed by atoms with van der Waals surface area (Å²) in [7, 11) is 1.31. The van der Waals surface area contributed by atoms with Crippen LogP contribution in [0.2, 0.25) is 5.02 Å². The van der Waals surface area contributed by atoms with Crippen LogP contribution in [0, 0.1) is 12.7 Å². The van der Waals surface area contributed by atoms with Crippen LogP contribution in [0.25, 0.3) is 10.9 Å². The first kappa shape index (κ1) is 22.3. The van der Waals surface area contributed by atoms with Crippen LogP contribution in [0.4, 0.5) is 21.1 Å². The molecule has 12 heteroatoms. The highest BCUT2D eigenvalue weighted by Gasteiger charge is 2.47. The van der Waals surface area contributed by atoms with E-state index >= 15 is 0 Å².